The van der Waals surface area contributed by atoms with Gasteiger partial charge in [0.2, 0.25) is 0 Å². The molecule has 0 spiro atoms. The first-order chi connectivity index (χ1) is 13.0. The Morgan fingerprint density at radius 1 is 1.39 bits per heavy atom. The number of rotatable bonds is 7. The quantitative estimate of drug-likeness (QED) is 0.251. The highest BCUT2D eigenvalue weighted by Crippen LogP contribution is 2.24. The van der Waals surface area contributed by atoms with Crippen LogP contribution in [-0.2, 0) is 11.2 Å². The van der Waals surface area contributed by atoms with Crippen LogP contribution in [0, 0.1) is 12.7 Å². The maximum atomic E-state index is 13.7. The van der Waals surface area contributed by atoms with E-state index in [0.717, 1.165) is 5.01 Å². The predicted molar refractivity (Wildman–Crippen MR) is 121 cm³/mol. The summed E-state index contributed by atoms with van der Waals surface area (Å²) >= 11 is 1.31. The van der Waals surface area contributed by atoms with E-state index < -0.39 is 0 Å². The normalized spacial score (nSPS) is 12.1. The van der Waals surface area contributed by atoms with Crippen LogP contribution in [0.4, 0.5) is 4.39 Å². The smallest absolute Gasteiger partial charge is 0.350 e. The van der Waals surface area contributed by atoms with Crippen LogP contribution < -0.4 is 10.6 Å². The molecule has 28 heavy (non-hydrogen) atoms. The molecule has 154 valence electrons. The van der Waals surface area contributed by atoms with Crippen molar-refractivity contribution >= 4 is 47.2 Å². The summed E-state index contributed by atoms with van der Waals surface area (Å²) < 4.78 is 18.7. The Kier molecular flexibility index (Phi) is 10.4. The van der Waals surface area contributed by atoms with Gasteiger partial charge in [0.1, 0.15) is 15.7 Å². The minimum atomic E-state index is -0.349. The van der Waals surface area contributed by atoms with Gasteiger partial charge in [0.05, 0.1) is 18.3 Å². The summed E-state index contributed by atoms with van der Waals surface area (Å²) in [7, 11) is 1.67. The van der Waals surface area contributed by atoms with Gasteiger partial charge in [0, 0.05) is 13.6 Å². The first-order valence-electron chi connectivity index (χ1n) is 8.81. The van der Waals surface area contributed by atoms with E-state index in [2.05, 4.69) is 20.6 Å². The first-order valence-corrected chi connectivity index (χ1v) is 9.62. The summed E-state index contributed by atoms with van der Waals surface area (Å²) in [6.45, 7) is 6.38. The SMILES string of the molecule is CCOC(=O)c1sc(C(C)NC(=NC)NCCc2ccccc2F)nc1C.I. The molecule has 2 aromatic rings. The molecular formula is C19H26FIN4O2S. The van der Waals surface area contributed by atoms with Gasteiger partial charge in [-0.1, -0.05) is 18.2 Å². The van der Waals surface area contributed by atoms with E-state index in [1.807, 2.05) is 13.0 Å². The summed E-state index contributed by atoms with van der Waals surface area (Å²) in [6, 6.07) is 6.58. The molecule has 1 unspecified atom stereocenters. The fraction of sp³-hybridized carbons (Fsp3) is 0.421. The Balaban J connectivity index is 0.00000392. The van der Waals surface area contributed by atoms with E-state index in [1.165, 1.54) is 17.4 Å². The third-order valence-corrected chi connectivity index (χ3v) is 5.19. The molecule has 0 radical (unpaired) electrons. The molecule has 0 aliphatic heterocycles. The second-order valence-corrected chi connectivity index (χ2v) is 6.92. The largest absolute Gasteiger partial charge is 0.462 e. The molecule has 0 saturated carbocycles. The van der Waals surface area contributed by atoms with Gasteiger partial charge >= 0.3 is 5.97 Å². The summed E-state index contributed by atoms with van der Waals surface area (Å²) in [4.78, 5) is 21.1. The van der Waals surface area contributed by atoms with Gasteiger partial charge in [0.25, 0.3) is 0 Å². The molecule has 9 heteroatoms. The Hall–Kier alpha value is -1.75. The molecule has 1 atom stereocenters. The number of benzene rings is 1. The van der Waals surface area contributed by atoms with Crippen molar-refractivity contribution in [3.8, 4) is 0 Å². The lowest BCUT2D eigenvalue weighted by molar-refractivity contribution is 0.0531. The number of hydrogen-bond donors (Lipinski definition) is 2. The van der Waals surface area contributed by atoms with Crippen molar-refractivity contribution in [2.24, 2.45) is 4.99 Å². The van der Waals surface area contributed by atoms with E-state index in [9.17, 15) is 9.18 Å². The van der Waals surface area contributed by atoms with Crippen LogP contribution >= 0.6 is 35.3 Å². The van der Waals surface area contributed by atoms with Crippen molar-refractivity contribution in [3.05, 3.63) is 51.2 Å². The van der Waals surface area contributed by atoms with Crippen molar-refractivity contribution in [1.82, 2.24) is 15.6 Å². The fourth-order valence-electron chi connectivity index (χ4n) is 2.47. The molecule has 1 aromatic heterocycles. The molecule has 0 amide bonds. The number of carbonyl (C=O) groups excluding carboxylic acids is 1. The van der Waals surface area contributed by atoms with Gasteiger partial charge in [-0.25, -0.2) is 14.2 Å². The fourth-order valence-corrected chi connectivity index (χ4v) is 3.43. The van der Waals surface area contributed by atoms with Gasteiger partial charge in [-0.2, -0.15) is 0 Å². The van der Waals surface area contributed by atoms with Gasteiger partial charge in [-0.05, 0) is 38.8 Å². The number of nitrogens with zero attached hydrogens (tertiary/aromatic N) is 2. The average Bonchev–Trinajstić information content (AvgIpc) is 3.04. The summed E-state index contributed by atoms with van der Waals surface area (Å²) in [5.74, 6) is 0.0306. The zero-order chi connectivity index (χ0) is 19.8. The second-order valence-electron chi connectivity index (χ2n) is 5.89. The molecule has 0 fully saturated rings. The Morgan fingerprint density at radius 2 is 2.11 bits per heavy atom. The molecule has 0 aliphatic rings. The molecule has 1 heterocycles. The highest BCUT2D eigenvalue weighted by atomic mass is 127. The number of carbonyl (C=O) groups is 1. The number of hydrogen-bond acceptors (Lipinski definition) is 5. The molecule has 0 aliphatic carbocycles. The number of nitrogens with one attached hydrogen (secondary N) is 2. The molecule has 1 aromatic carbocycles. The van der Waals surface area contributed by atoms with Crippen molar-refractivity contribution in [1.29, 1.82) is 0 Å². The van der Waals surface area contributed by atoms with Crippen LogP contribution in [0.15, 0.2) is 29.3 Å². The zero-order valence-electron chi connectivity index (χ0n) is 16.4. The van der Waals surface area contributed by atoms with E-state index >= 15 is 0 Å². The number of esters is 1. The molecule has 6 nitrogen and oxygen atoms in total. The van der Waals surface area contributed by atoms with Crippen LogP contribution in [0.25, 0.3) is 0 Å². The van der Waals surface area contributed by atoms with Crippen molar-refractivity contribution in [3.63, 3.8) is 0 Å². The Bertz CT molecular complexity index is 813. The average molecular weight is 520 g/mol. The maximum Gasteiger partial charge on any atom is 0.350 e. The molecular weight excluding hydrogens is 494 g/mol. The number of guanidine groups is 1. The number of halogens is 2. The van der Waals surface area contributed by atoms with Gasteiger partial charge < -0.3 is 15.4 Å². The zero-order valence-corrected chi connectivity index (χ0v) is 19.6. The third kappa shape index (κ3) is 6.69. The monoisotopic (exact) mass is 520 g/mol. The number of aryl methyl sites for hydroxylation is 1. The lowest BCUT2D eigenvalue weighted by atomic mass is 10.1. The number of aromatic nitrogens is 1. The molecule has 0 bridgehead atoms. The number of aliphatic imine (C=N–C) groups is 1. The molecule has 2 N–H and O–H groups in total. The lowest BCUT2D eigenvalue weighted by Gasteiger charge is -2.16. The van der Waals surface area contributed by atoms with E-state index in [0.29, 0.717) is 41.7 Å². The summed E-state index contributed by atoms with van der Waals surface area (Å²) in [5, 5.41) is 7.17. The highest BCUT2D eigenvalue weighted by molar-refractivity contribution is 14.0. The molecule has 0 saturated heterocycles. The van der Waals surface area contributed by atoms with Gasteiger partial charge in [-0.3, -0.25) is 4.99 Å². The van der Waals surface area contributed by atoms with Crippen LogP contribution in [0.2, 0.25) is 0 Å². The van der Waals surface area contributed by atoms with Crippen molar-refractivity contribution in [2.45, 2.75) is 33.2 Å². The number of thiazole rings is 1. The van der Waals surface area contributed by atoms with E-state index in [1.54, 1.807) is 33.0 Å². The van der Waals surface area contributed by atoms with Crippen LogP contribution in [-0.4, -0.2) is 37.1 Å². The van der Waals surface area contributed by atoms with Gasteiger partial charge in [-0.15, -0.1) is 35.3 Å². The second kappa shape index (κ2) is 11.9. The van der Waals surface area contributed by atoms with E-state index in [4.69, 9.17) is 4.74 Å². The summed E-state index contributed by atoms with van der Waals surface area (Å²) in [6.07, 6.45) is 0.547. The Morgan fingerprint density at radius 3 is 2.75 bits per heavy atom. The van der Waals surface area contributed by atoms with E-state index in [-0.39, 0.29) is 41.8 Å². The van der Waals surface area contributed by atoms with Gasteiger partial charge in [0.15, 0.2) is 5.96 Å². The van der Waals surface area contributed by atoms with Crippen molar-refractivity contribution in [2.75, 3.05) is 20.2 Å². The highest BCUT2D eigenvalue weighted by Gasteiger charge is 2.20. The molecule has 2 rings (SSSR count). The minimum Gasteiger partial charge on any atom is -0.462 e. The standard InChI is InChI=1S/C19H25FN4O2S.HI/c1-5-26-18(25)16-12(2)23-17(27-16)13(3)24-19(21-4)22-11-10-14-8-6-7-9-15(14)20;/h6-9,13H,5,10-11H2,1-4H3,(H2,21,22,24);1H. The first kappa shape index (κ1) is 24.3. The lowest BCUT2D eigenvalue weighted by Crippen LogP contribution is -2.39. The third-order valence-electron chi connectivity index (χ3n) is 3.87. The van der Waals surface area contributed by atoms with Crippen LogP contribution in [0.3, 0.4) is 0 Å². The topological polar surface area (TPSA) is 75.6 Å². The minimum absolute atomic E-state index is 0. The Labute approximate surface area is 186 Å². The van der Waals surface area contributed by atoms with Crippen LogP contribution in [0.5, 0.6) is 0 Å². The number of ether oxygens (including phenoxy) is 1. The maximum absolute atomic E-state index is 13.7. The summed E-state index contributed by atoms with van der Waals surface area (Å²) in [5.41, 5.74) is 1.31. The van der Waals surface area contributed by atoms with Crippen molar-refractivity contribution < 1.29 is 13.9 Å². The van der Waals surface area contributed by atoms with Crippen LogP contribution in [0.1, 0.15) is 45.8 Å². The predicted octanol–water partition coefficient (Wildman–Crippen LogP) is 3.85.